The molecule has 8 nitrogen and oxygen atoms in total. The van der Waals surface area contributed by atoms with Gasteiger partial charge in [0.1, 0.15) is 6.07 Å². The lowest BCUT2D eigenvalue weighted by Crippen LogP contribution is -2.43. The van der Waals surface area contributed by atoms with Gasteiger partial charge in [0.15, 0.2) is 11.5 Å². The highest BCUT2D eigenvalue weighted by Crippen LogP contribution is 2.35. The van der Waals surface area contributed by atoms with Crippen LogP contribution >= 0.6 is 11.9 Å². The Bertz CT molecular complexity index is 841. The van der Waals surface area contributed by atoms with Crippen molar-refractivity contribution in [1.29, 1.82) is 5.26 Å². The monoisotopic (exact) mass is 446 g/mol. The maximum absolute atomic E-state index is 12.8. The topological polar surface area (TPSA) is 87.4 Å². The van der Waals surface area contributed by atoms with Gasteiger partial charge in [-0.05, 0) is 32.1 Å². The number of nitriles is 1. The van der Waals surface area contributed by atoms with E-state index < -0.39 is 0 Å². The Morgan fingerprint density at radius 2 is 1.71 bits per heavy atom. The van der Waals surface area contributed by atoms with Gasteiger partial charge in [-0.3, -0.25) is 4.79 Å². The van der Waals surface area contributed by atoms with Crippen LogP contribution in [0.4, 0.5) is 5.69 Å². The van der Waals surface area contributed by atoms with Gasteiger partial charge in [-0.25, -0.2) is 9.30 Å². The Balaban J connectivity index is 1.64. The van der Waals surface area contributed by atoms with Crippen molar-refractivity contribution in [1.82, 2.24) is 9.21 Å². The Kier molecular flexibility index (Phi) is 8.43. The lowest BCUT2D eigenvalue weighted by Gasteiger charge is -2.34. The number of hydrogen-bond acceptors (Lipinski definition) is 8. The zero-order chi connectivity index (χ0) is 22.2. The van der Waals surface area contributed by atoms with Gasteiger partial charge in [-0.2, -0.15) is 5.26 Å². The second kappa shape index (κ2) is 11.3. The van der Waals surface area contributed by atoms with Crippen LogP contribution in [0, 0.1) is 17.2 Å². The van der Waals surface area contributed by atoms with Gasteiger partial charge in [-0.15, -0.1) is 0 Å². The smallest absolute Gasteiger partial charge is 0.266 e. The van der Waals surface area contributed by atoms with Gasteiger partial charge in [0.05, 0.1) is 32.6 Å². The lowest BCUT2D eigenvalue weighted by molar-refractivity contribution is -0.137. The molecule has 0 radical (unpaired) electrons. The first-order chi connectivity index (χ1) is 15.1. The van der Waals surface area contributed by atoms with Crippen LogP contribution in [0.3, 0.4) is 0 Å². The summed E-state index contributed by atoms with van der Waals surface area (Å²) >= 11 is 1.41. The van der Waals surface area contributed by atoms with E-state index in [4.69, 9.17) is 14.2 Å². The highest BCUT2D eigenvalue weighted by Gasteiger charge is 2.30. The predicted octanol–water partition coefficient (Wildman–Crippen LogP) is 3.58. The summed E-state index contributed by atoms with van der Waals surface area (Å²) in [6, 6.07) is 5.41. The third-order valence-corrected chi connectivity index (χ3v) is 6.72. The molecule has 0 aromatic heterocycles. The van der Waals surface area contributed by atoms with Gasteiger partial charge in [-0.1, -0.05) is 0 Å². The second-order valence-electron chi connectivity index (χ2n) is 7.60. The number of piperidine rings is 2. The predicted molar refractivity (Wildman–Crippen MR) is 121 cm³/mol. The molecule has 2 heterocycles. The molecule has 0 atom stereocenters. The highest BCUT2D eigenvalue weighted by molar-refractivity contribution is 8.11. The number of likely N-dealkylation sites (tertiary alicyclic amines) is 1. The highest BCUT2D eigenvalue weighted by atomic mass is 32.2. The van der Waals surface area contributed by atoms with E-state index in [-0.39, 0.29) is 5.92 Å². The molecule has 0 spiro atoms. The fourth-order valence-corrected chi connectivity index (χ4v) is 4.76. The van der Waals surface area contributed by atoms with Gasteiger partial charge in [0, 0.05) is 56.2 Å². The van der Waals surface area contributed by atoms with E-state index in [9.17, 15) is 10.1 Å². The quantitative estimate of drug-likeness (QED) is 0.388. The van der Waals surface area contributed by atoms with Crippen molar-refractivity contribution < 1.29 is 19.0 Å². The number of benzene rings is 1. The van der Waals surface area contributed by atoms with Crippen molar-refractivity contribution in [3.05, 3.63) is 17.7 Å². The van der Waals surface area contributed by atoms with Gasteiger partial charge >= 0.3 is 0 Å². The number of nitrogens with zero attached hydrogens (tertiary/aromatic N) is 4. The molecule has 1 amide bonds. The minimum atomic E-state index is 0.105. The van der Waals surface area contributed by atoms with Crippen LogP contribution in [0.25, 0.3) is 0 Å². The normalized spacial score (nSPS) is 18.4. The van der Waals surface area contributed by atoms with Crippen LogP contribution in [0.1, 0.15) is 37.7 Å². The molecule has 2 aliphatic rings. The second-order valence-corrected chi connectivity index (χ2v) is 8.65. The van der Waals surface area contributed by atoms with E-state index in [2.05, 4.69) is 15.4 Å². The number of rotatable bonds is 5. The summed E-state index contributed by atoms with van der Waals surface area (Å²) in [6.45, 7) is 3.38. The van der Waals surface area contributed by atoms with Crippen molar-refractivity contribution in [3.63, 3.8) is 0 Å². The largest absolute Gasteiger partial charge is 0.493 e. The maximum Gasteiger partial charge on any atom is 0.266 e. The molecule has 9 heteroatoms. The molecular weight excluding hydrogens is 416 g/mol. The average Bonchev–Trinajstić information content (AvgIpc) is 2.83. The third kappa shape index (κ3) is 5.83. The SMILES string of the molecule is CO/C(=N\c1cc(OC)c(OC)cc1C#N)SN1CCC(C(=O)N2CCCCC2)CC1. The van der Waals surface area contributed by atoms with Gasteiger partial charge in [0.2, 0.25) is 5.91 Å². The Labute approximate surface area is 188 Å². The molecule has 1 aromatic carbocycles. The third-order valence-electron chi connectivity index (χ3n) is 5.69. The standard InChI is InChI=1S/C22H30N4O4S/c1-28-19-13-17(15-23)18(14-20(19)29-2)24-22(30-3)31-26-11-7-16(8-12-26)21(27)25-9-5-4-6-10-25/h13-14,16H,4-12H2,1-3H3/b24-22+. The van der Waals surface area contributed by atoms with E-state index >= 15 is 0 Å². The summed E-state index contributed by atoms with van der Waals surface area (Å²) in [5, 5.41) is 9.92. The van der Waals surface area contributed by atoms with Crippen molar-refractivity contribution in [3.8, 4) is 17.6 Å². The number of amides is 1. The van der Waals surface area contributed by atoms with Gasteiger partial charge < -0.3 is 19.1 Å². The van der Waals surface area contributed by atoms with E-state index in [0.29, 0.717) is 33.9 Å². The van der Waals surface area contributed by atoms with Gasteiger partial charge in [0.25, 0.3) is 5.23 Å². The summed E-state index contributed by atoms with van der Waals surface area (Å²) in [6.07, 6.45) is 5.13. The summed E-state index contributed by atoms with van der Waals surface area (Å²) in [5.41, 5.74) is 0.832. The van der Waals surface area contributed by atoms with Crippen LogP contribution in [0.2, 0.25) is 0 Å². The first-order valence-electron chi connectivity index (χ1n) is 10.6. The molecule has 0 aliphatic carbocycles. The number of methoxy groups -OCH3 is 3. The molecule has 168 valence electrons. The molecule has 31 heavy (non-hydrogen) atoms. The first-order valence-corrected chi connectivity index (χ1v) is 11.4. The molecule has 2 fully saturated rings. The lowest BCUT2D eigenvalue weighted by atomic mass is 9.95. The molecule has 2 saturated heterocycles. The first kappa shape index (κ1) is 23.2. The zero-order valence-electron chi connectivity index (χ0n) is 18.4. The van der Waals surface area contributed by atoms with Crippen molar-refractivity contribution >= 4 is 28.8 Å². The van der Waals surface area contributed by atoms with E-state index in [1.807, 2.05) is 4.90 Å². The molecule has 3 rings (SSSR count). The Hall–Kier alpha value is -2.44. The van der Waals surface area contributed by atoms with Crippen LogP contribution in [-0.2, 0) is 9.53 Å². The number of hydrogen-bond donors (Lipinski definition) is 0. The number of aliphatic imine (C=N–C) groups is 1. The van der Waals surface area contributed by atoms with E-state index in [1.54, 1.807) is 26.4 Å². The Morgan fingerprint density at radius 1 is 1.06 bits per heavy atom. The van der Waals surface area contributed by atoms with Crippen LogP contribution < -0.4 is 9.47 Å². The fraction of sp³-hybridized carbons (Fsp3) is 0.591. The van der Waals surface area contributed by atoms with Crippen LogP contribution in [0.5, 0.6) is 11.5 Å². The van der Waals surface area contributed by atoms with Crippen LogP contribution in [-0.4, -0.2) is 67.9 Å². The van der Waals surface area contributed by atoms with E-state index in [0.717, 1.165) is 51.9 Å². The van der Waals surface area contributed by atoms with Crippen molar-refractivity contribution in [2.45, 2.75) is 32.1 Å². The molecule has 0 saturated carbocycles. The minimum absolute atomic E-state index is 0.105. The molecular formula is C22H30N4O4S. The fourth-order valence-electron chi connectivity index (χ4n) is 3.93. The summed E-state index contributed by atoms with van der Waals surface area (Å²) < 4.78 is 18.2. The zero-order valence-corrected chi connectivity index (χ0v) is 19.2. The molecule has 0 N–H and O–H groups in total. The maximum atomic E-state index is 12.8. The average molecular weight is 447 g/mol. The number of ether oxygens (including phenoxy) is 3. The van der Waals surface area contributed by atoms with Crippen molar-refractivity contribution in [2.24, 2.45) is 10.9 Å². The molecule has 0 unspecified atom stereocenters. The number of carbonyl (C=O) groups is 1. The molecule has 1 aromatic rings. The van der Waals surface area contributed by atoms with Crippen molar-refractivity contribution in [2.75, 3.05) is 47.5 Å². The summed E-state index contributed by atoms with van der Waals surface area (Å²) in [4.78, 5) is 19.3. The van der Waals surface area contributed by atoms with Crippen LogP contribution in [0.15, 0.2) is 17.1 Å². The summed E-state index contributed by atoms with van der Waals surface area (Å²) in [7, 11) is 4.63. The number of carbonyl (C=O) groups excluding carboxylic acids is 1. The summed E-state index contributed by atoms with van der Waals surface area (Å²) in [5.74, 6) is 1.39. The molecule has 0 bridgehead atoms. The minimum Gasteiger partial charge on any atom is -0.493 e. The Morgan fingerprint density at radius 3 is 2.29 bits per heavy atom. The van der Waals surface area contributed by atoms with E-state index in [1.165, 1.54) is 25.5 Å². The molecule has 2 aliphatic heterocycles.